The summed E-state index contributed by atoms with van der Waals surface area (Å²) in [5, 5.41) is 12.4. The Labute approximate surface area is 103 Å². The molecular weight excluding hydrogens is 234 g/mol. The molecule has 94 valence electrons. The molecule has 0 spiro atoms. The molecule has 2 N–H and O–H groups in total. The molecule has 0 fully saturated rings. The van der Waals surface area contributed by atoms with Crippen molar-refractivity contribution in [1.29, 1.82) is 0 Å². The number of carbonyl (C=O) groups excluding carboxylic acids is 1. The number of hydrogen-bond acceptors (Lipinski definition) is 3. The molecule has 0 aromatic carbocycles. The summed E-state index contributed by atoms with van der Waals surface area (Å²) in [7, 11) is 0. The molecule has 0 aliphatic heterocycles. The largest absolute Gasteiger partial charge is 0.480 e. The molecule has 2 aromatic rings. The third-order valence-corrected chi connectivity index (χ3v) is 2.58. The lowest BCUT2D eigenvalue weighted by Gasteiger charge is -2.14. The molecule has 0 radical (unpaired) electrons. The average Bonchev–Trinajstić information content (AvgIpc) is 2.71. The number of carboxylic acids is 1. The van der Waals surface area contributed by atoms with Gasteiger partial charge < -0.3 is 15.0 Å². The Bertz CT molecular complexity index is 591. The maximum atomic E-state index is 11.0. The van der Waals surface area contributed by atoms with Gasteiger partial charge in [-0.3, -0.25) is 4.79 Å². The summed E-state index contributed by atoms with van der Waals surface area (Å²) in [6.07, 6.45) is 3.41. The van der Waals surface area contributed by atoms with Crippen molar-refractivity contribution >= 4 is 22.9 Å². The summed E-state index contributed by atoms with van der Waals surface area (Å²) in [6.45, 7) is 1.44. The fourth-order valence-electron chi connectivity index (χ4n) is 1.80. The summed E-state index contributed by atoms with van der Waals surface area (Å²) >= 11 is 0. The van der Waals surface area contributed by atoms with Crippen LogP contribution in [-0.2, 0) is 16.1 Å². The minimum absolute atomic E-state index is 0.148. The summed E-state index contributed by atoms with van der Waals surface area (Å²) in [4.78, 5) is 26.2. The molecule has 0 aliphatic rings. The van der Waals surface area contributed by atoms with Gasteiger partial charge in [-0.2, -0.15) is 0 Å². The lowest BCUT2D eigenvalue weighted by Crippen LogP contribution is -2.42. The molecule has 0 aliphatic carbocycles. The first kappa shape index (κ1) is 12.1. The highest BCUT2D eigenvalue weighted by molar-refractivity contribution is 5.82. The van der Waals surface area contributed by atoms with E-state index in [1.54, 1.807) is 17.0 Å². The lowest BCUT2D eigenvalue weighted by atomic mass is 10.3. The number of carbonyl (C=O) groups is 2. The van der Waals surface area contributed by atoms with Gasteiger partial charge in [0.25, 0.3) is 0 Å². The van der Waals surface area contributed by atoms with Crippen molar-refractivity contribution in [3.8, 4) is 0 Å². The maximum absolute atomic E-state index is 11.0. The third-order valence-electron chi connectivity index (χ3n) is 2.58. The van der Waals surface area contributed by atoms with Gasteiger partial charge in [-0.25, -0.2) is 9.78 Å². The number of pyridine rings is 1. The van der Waals surface area contributed by atoms with Crippen molar-refractivity contribution in [3.63, 3.8) is 0 Å². The van der Waals surface area contributed by atoms with E-state index in [0.717, 1.165) is 5.39 Å². The number of aromatic nitrogens is 2. The molecule has 0 saturated carbocycles. The zero-order valence-corrected chi connectivity index (χ0v) is 9.83. The number of carboxylic acid groups (broad SMARTS) is 1. The lowest BCUT2D eigenvalue weighted by molar-refractivity contribution is -0.141. The Morgan fingerprint density at radius 2 is 2.28 bits per heavy atom. The second-order valence-electron chi connectivity index (χ2n) is 3.98. The SMILES string of the molecule is CC(=O)N[C@@H](Cn1ccc2cccnc21)C(=O)O. The number of nitrogens with zero attached hydrogens (tertiary/aromatic N) is 2. The van der Waals surface area contributed by atoms with Gasteiger partial charge in [-0.15, -0.1) is 0 Å². The van der Waals surface area contributed by atoms with E-state index in [2.05, 4.69) is 10.3 Å². The Balaban J connectivity index is 2.26. The number of amides is 1. The Morgan fingerprint density at radius 1 is 1.50 bits per heavy atom. The van der Waals surface area contributed by atoms with Crippen LogP contribution in [0.15, 0.2) is 30.6 Å². The van der Waals surface area contributed by atoms with Crippen LogP contribution in [0.25, 0.3) is 11.0 Å². The van der Waals surface area contributed by atoms with E-state index >= 15 is 0 Å². The van der Waals surface area contributed by atoms with Crippen molar-refractivity contribution in [3.05, 3.63) is 30.6 Å². The quantitative estimate of drug-likeness (QED) is 0.829. The highest BCUT2D eigenvalue weighted by Gasteiger charge is 2.19. The topological polar surface area (TPSA) is 84.2 Å². The first-order valence-electron chi connectivity index (χ1n) is 5.47. The van der Waals surface area contributed by atoms with Crippen LogP contribution in [0, 0.1) is 0 Å². The van der Waals surface area contributed by atoms with Gasteiger partial charge >= 0.3 is 5.97 Å². The average molecular weight is 247 g/mol. The number of fused-ring (bicyclic) bond motifs is 1. The molecule has 6 heteroatoms. The van der Waals surface area contributed by atoms with Gasteiger partial charge in [0.1, 0.15) is 11.7 Å². The molecule has 1 atom stereocenters. The van der Waals surface area contributed by atoms with Crippen LogP contribution in [0.4, 0.5) is 0 Å². The second kappa shape index (κ2) is 4.87. The molecule has 1 amide bonds. The number of nitrogens with one attached hydrogen (secondary N) is 1. The molecule has 18 heavy (non-hydrogen) atoms. The van der Waals surface area contributed by atoms with Crippen LogP contribution >= 0.6 is 0 Å². The molecule has 2 heterocycles. The molecule has 2 rings (SSSR count). The zero-order valence-electron chi connectivity index (χ0n) is 9.83. The number of rotatable bonds is 4. The van der Waals surface area contributed by atoms with E-state index in [4.69, 9.17) is 5.11 Å². The Kier molecular flexibility index (Phi) is 3.27. The fraction of sp³-hybridized carbons (Fsp3) is 0.250. The Morgan fingerprint density at radius 3 is 2.94 bits per heavy atom. The summed E-state index contributed by atoms with van der Waals surface area (Å²) in [6, 6.07) is 4.61. The number of hydrogen-bond donors (Lipinski definition) is 2. The van der Waals surface area contributed by atoms with Gasteiger partial charge in [-0.1, -0.05) is 0 Å². The predicted molar refractivity (Wildman–Crippen MR) is 65.0 cm³/mol. The molecule has 0 unspecified atom stereocenters. The summed E-state index contributed by atoms with van der Waals surface area (Å²) < 4.78 is 1.71. The van der Waals surface area contributed by atoms with Gasteiger partial charge in [0.05, 0.1) is 6.54 Å². The minimum Gasteiger partial charge on any atom is -0.480 e. The first-order chi connectivity index (χ1) is 8.58. The van der Waals surface area contributed by atoms with Crippen molar-refractivity contribution < 1.29 is 14.7 Å². The van der Waals surface area contributed by atoms with E-state index in [1.807, 2.05) is 18.2 Å². The van der Waals surface area contributed by atoms with Crippen LogP contribution in [0.1, 0.15) is 6.92 Å². The van der Waals surface area contributed by atoms with Crippen LogP contribution in [0.3, 0.4) is 0 Å². The Hall–Kier alpha value is -2.37. The molecule has 0 bridgehead atoms. The van der Waals surface area contributed by atoms with Gasteiger partial charge in [0.2, 0.25) is 5.91 Å². The maximum Gasteiger partial charge on any atom is 0.328 e. The molecule has 0 saturated heterocycles. The standard InChI is InChI=1S/C12H13N3O3/c1-8(16)14-10(12(17)18)7-15-6-4-9-3-2-5-13-11(9)15/h2-6,10H,7H2,1H3,(H,14,16)(H,17,18)/t10-/m0/s1. The van der Waals surface area contributed by atoms with Crippen LogP contribution in [0.5, 0.6) is 0 Å². The third kappa shape index (κ3) is 2.48. The highest BCUT2D eigenvalue weighted by atomic mass is 16.4. The smallest absolute Gasteiger partial charge is 0.328 e. The summed E-state index contributed by atoms with van der Waals surface area (Å²) in [5.74, 6) is -1.44. The zero-order chi connectivity index (χ0) is 13.1. The molecular formula is C12H13N3O3. The van der Waals surface area contributed by atoms with E-state index in [0.29, 0.717) is 5.65 Å². The minimum atomic E-state index is -1.07. The van der Waals surface area contributed by atoms with Crippen LogP contribution in [0.2, 0.25) is 0 Å². The van der Waals surface area contributed by atoms with Crippen molar-refractivity contribution in [2.45, 2.75) is 19.5 Å². The van der Waals surface area contributed by atoms with Crippen LogP contribution < -0.4 is 5.32 Å². The van der Waals surface area contributed by atoms with Crippen molar-refractivity contribution in [2.75, 3.05) is 0 Å². The predicted octanol–water partition coefficient (Wildman–Crippen LogP) is 0.626. The van der Waals surface area contributed by atoms with E-state index in [-0.39, 0.29) is 12.5 Å². The van der Waals surface area contributed by atoms with Crippen molar-refractivity contribution in [1.82, 2.24) is 14.9 Å². The summed E-state index contributed by atoms with van der Waals surface area (Å²) in [5.41, 5.74) is 0.703. The van der Waals surface area contributed by atoms with E-state index < -0.39 is 12.0 Å². The molecule has 6 nitrogen and oxygen atoms in total. The highest BCUT2D eigenvalue weighted by Crippen LogP contribution is 2.12. The first-order valence-corrected chi connectivity index (χ1v) is 5.47. The van der Waals surface area contributed by atoms with E-state index in [9.17, 15) is 9.59 Å². The molecule has 2 aromatic heterocycles. The van der Waals surface area contributed by atoms with E-state index in [1.165, 1.54) is 6.92 Å². The van der Waals surface area contributed by atoms with Crippen LogP contribution in [-0.4, -0.2) is 32.6 Å². The van der Waals surface area contributed by atoms with Gasteiger partial charge in [0, 0.05) is 24.7 Å². The monoisotopic (exact) mass is 247 g/mol. The van der Waals surface area contributed by atoms with Gasteiger partial charge in [0.15, 0.2) is 0 Å². The van der Waals surface area contributed by atoms with Gasteiger partial charge in [-0.05, 0) is 18.2 Å². The second-order valence-corrected chi connectivity index (χ2v) is 3.98. The van der Waals surface area contributed by atoms with Crippen molar-refractivity contribution in [2.24, 2.45) is 0 Å². The number of aliphatic carboxylic acids is 1. The normalized spacial score (nSPS) is 12.3. The fourth-order valence-corrected chi connectivity index (χ4v) is 1.80.